The van der Waals surface area contributed by atoms with Crippen LogP contribution in [-0.2, 0) is 51.7 Å². The van der Waals surface area contributed by atoms with Gasteiger partial charge in [0, 0.05) is 45.6 Å². The molecule has 0 aliphatic carbocycles. The summed E-state index contributed by atoms with van der Waals surface area (Å²) in [6, 6.07) is 21.3. The molecule has 0 atom stereocenters. The molecule has 1 N–H and O–H groups in total. The van der Waals surface area contributed by atoms with Gasteiger partial charge in [0.1, 0.15) is 5.82 Å². The van der Waals surface area contributed by atoms with Gasteiger partial charge in [0.2, 0.25) is 0 Å². The summed E-state index contributed by atoms with van der Waals surface area (Å²) in [5.41, 5.74) is 12.3. The van der Waals surface area contributed by atoms with Crippen LogP contribution in [-0.4, -0.2) is 95.0 Å². The van der Waals surface area contributed by atoms with Crippen LogP contribution in [0.3, 0.4) is 0 Å². The second-order valence-electron chi connectivity index (χ2n) is 32.1. The monoisotopic (exact) mass is 1580 g/mol. The summed E-state index contributed by atoms with van der Waals surface area (Å²) < 4.78 is 0. The van der Waals surface area contributed by atoms with Crippen molar-refractivity contribution >= 4 is 84.3 Å². The minimum atomic E-state index is -1.17. The maximum absolute atomic E-state index is 4.81. The van der Waals surface area contributed by atoms with Gasteiger partial charge in [-0.1, -0.05) is 256 Å². The van der Waals surface area contributed by atoms with Gasteiger partial charge in [-0.15, -0.1) is 56.5 Å². The standard InChI is InChI=1S/C18H26N2Si.C18H25N2Si.7C4H11Si.CH4.2Hf/c2*1-13-10-14(2)18(15(3)11-13)16-8-7-9-17(20-16)19-12-21(4,5)6;7*1-5(2,3)4;;;/h7-11H,12H2,1-6H3,(H,19,20);7-11H,12H2,1-6H3;7*1H2,2-4H3;1H4;;/q;8*-1;;;+4. The Kier molecular flexibility index (Phi) is 51.5. The predicted octanol–water partition coefficient (Wildman–Crippen LogP) is 23.0. The van der Waals surface area contributed by atoms with Crippen LogP contribution in [0, 0.1) is 87.4 Å². The van der Waals surface area contributed by atoms with E-state index in [9.17, 15) is 0 Å². The Labute approximate surface area is 551 Å². The van der Waals surface area contributed by atoms with Gasteiger partial charge in [-0.2, -0.15) is 0 Å². The fraction of sp³-hybridized carbons (Fsp3) is 0.554. The van der Waals surface area contributed by atoms with E-state index in [1.165, 1.54) is 44.5 Å². The largest absolute Gasteiger partial charge is 4.00 e. The van der Waals surface area contributed by atoms with Crippen molar-refractivity contribution in [3.8, 4) is 22.5 Å². The third-order valence-electron chi connectivity index (χ3n) is 6.87. The first-order valence-electron chi connectivity index (χ1n) is 28.0. The third kappa shape index (κ3) is 89.2. The van der Waals surface area contributed by atoms with Gasteiger partial charge >= 0.3 is 25.8 Å². The Bertz CT molecular complexity index is 1890. The third-order valence-corrected chi connectivity index (χ3v) is 9.21. The number of aromatic nitrogens is 2. The van der Waals surface area contributed by atoms with Crippen molar-refractivity contribution < 1.29 is 51.7 Å². The van der Waals surface area contributed by atoms with E-state index in [4.69, 9.17) is 15.3 Å². The van der Waals surface area contributed by atoms with Gasteiger partial charge in [-0.05, 0) is 87.2 Å². The van der Waals surface area contributed by atoms with E-state index < -0.39 is 72.7 Å². The second-order valence-corrected chi connectivity index (χ2v) is 78.8. The molecule has 2 aromatic carbocycles. The van der Waals surface area contributed by atoms with Crippen molar-refractivity contribution in [1.29, 1.82) is 0 Å². The molecule has 0 bridgehead atoms. The number of hydrogen-bond donors (Lipinski definition) is 1. The number of benzene rings is 2. The van der Waals surface area contributed by atoms with Crippen LogP contribution in [0.1, 0.15) is 40.8 Å². The maximum atomic E-state index is 4.81. The number of rotatable bonds is 8. The molecular formula is C65H132Hf2N4Si9-4. The quantitative estimate of drug-likeness (QED) is 0.141. The Hall–Kier alpha value is 0.0322. The molecule has 4 nitrogen and oxygen atoms in total. The van der Waals surface area contributed by atoms with Crippen molar-refractivity contribution in [3.05, 3.63) is 145 Å². The molecule has 0 unspecified atom stereocenters. The minimum absolute atomic E-state index is 0. The Morgan fingerprint density at radius 1 is 0.388 bits per heavy atom. The van der Waals surface area contributed by atoms with E-state index in [2.05, 4.69) is 324 Å². The molecule has 0 aliphatic heterocycles. The van der Waals surface area contributed by atoms with E-state index in [1.807, 2.05) is 6.07 Å². The summed E-state index contributed by atoms with van der Waals surface area (Å²) in [4.78, 5) is 9.56. The fourth-order valence-corrected chi connectivity index (χ4v) is 6.51. The molecule has 0 saturated carbocycles. The van der Waals surface area contributed by atoms with Crippen LogP contribution in [0.15, 0.2) is 60.7 Å². The molecule has 460 valence electrons. The van der Waals surface area contributed by atoms with Gasteiger partial charge < -0.3 is 61.4 Å². The number of nitrogens with zero attached hydrogens (tertiary/aromatic N) is 3. The molecule has 4 aromatic rings. The molecule has 0 radical (unpaired) electrons. The predicted molar refractivity (Wildman–Crippen MR) is 398 cm³/mol. The summed E-state index contributed by atoms with van der Waals surface area (Å²) in [5, 5.41) is 8.19. The molecule has 2 aromatic heterocycles. The first-order chi connectivity index (χ1) is 33.5. The van der Waals surface area contributed by atoms with Gasteiger partial charge in [0.25, 0.3) is 0 Å². The van der Waals surface area contributed by atoms with E-state index in [0.29, 0.717) is 0 Å². The van der Waals surface area contributed by atoms with Crippen LogP contribution in [0.4, 0.5) is 11.6 Å². The normalized spacial score (nSPS) is 11.3. The minimum Gasteiger partial charge on any atom is -0.468 e. The summed E-state index contributed by atoms with van der Waals surface area (Å²) in [7, 11) is -8.32. The first kappa shape index (κ1) is 96.3. The molecule has 0 saturated heterocycles. The van der Waals surface area contributed by atoms with Gasteiger partial charge in [-0.3, -0.25) is 0 Å². The maximum Gasteiger partial charge on any atom is 4.00 e. The molecule has 0 aliphatic rings. The van der Waals surface area contributed by atoms with Crippen molar-refractivity contribution in [3.63, 3.8) is 0 Å². The van der Waals surface area contributed by atoms with Crippen LogP contribution in [0.25, 0.3) is 27.8 Å². The molecule has 15 heteroatoms. The second kappa shape index (κ2) is 42.8. The SMILES string of the molecule is C.Cc1cc(C)c(-c2cccc(NC[Si](C)(C)C)n2)c(C)c1.Cc1cc(C)c(-c2cccc([N-]C[Si](C)(C)C)n2)c(C)c1.[CH2-][Si](C)(C)C.[CH2-][Si](C)(C)C.[CH2-][Si](C)(C)C.[CH2-][Si](C)(C)C.[CH2-][Si](C)(C)C.[CH2-][Si](C)(C)C.[CH2-][Si](C)(C)C.[Hf+4].[Hf]. The Balaban J connectivity index is -0.000000134. The molecule has 2 heterocycles. The number of pyridine rings is 2. The fourth-order valence-electron chi connectivity index (χ4n) is 5.16. The van der Waals surface area contributed by atoms with E-state index in [0.717, 1.165) is 35.4 Å². The van der Waals surface area contributed by atoms with Crippen molar-refractivity contribution in [2.24, 2.45) is 0 Å². The number of hydrogen-bond acceptors (Lipinski definition) is 3. The zero-order valence-electron chi connectivity index (χ0n) is 58.5. The molecule has 0 amide bonds. The van der Waals surface area contributed by atoms with Crippen molar-refractivity contribution in [2.75, 3.05) is 17.7 Å². The summed E-state index contributed by atoms with van der Waals surface area (Å²) in [5.74, 6) is 1.84. The topological polar surface area (TPSA) is 51.9 Å². The number of nitrogens with one attached hydrogen (secondary N) is 1. The first-order valence-corrected chi connectivity index (χ1v) is 61.4. The van der Waals surface area contributed by atoms with Crippen LogP contribution in [0.2, 0.25) is 177 Å². The van der Waals surface area contributed by atoms with Crippen molar-refractivity contribution in [2.45, 2.75) is 226 Å². The molecule has 0 spiro atoms. The van der Waals surface area contributed by atoms with Crippen LogP contribution in [0.5, 0.6) is 0 Å². The molecule has 4 rings (SSSR count). The zero-order chi connectivity index (χ0) is 62.7. The van der Waals surface area contributed by atoms with Gasteiger partial charge in [0.05, 0.1) is 13.8 Å². The van der Waals surface area contributed by atoms with Crippen molar-refractivity contribution in [1.82, 2.24) is 9.97 Å². The average molecular weight is 1580 g/mol. The molecule has 80 heavy (non-hydrogen) atoms. The van der Waals surface area contributed by atoms with Gasteiger partial charge in [-0.25, -0.2) is 4.98 Å². The molecule has 0 fully saturated rings. The van der Waals surface area contributed by atoms with E-state index in [-0.39, 0.29) is 59.1 Å². The van der Waals surface area contributed by atoms with Crippen LogP contribution >= 0.6 is 0 Å². The Morgan fingerprint density at radius 3 is 0.863 bits per heavy atom. The number of aryl methyl sites for hydroxylation is 6. The summed E-state index contributed by atoms with van der Waals surface area (Å²) in [6.07, 6.45) is 1.98. The molecular weight excluding hydrogens is 1450 g/mol. The van der Waals surface area contributed by atoms with E-state index in [1.54, 1.807) is 0 Å². The smallest absolute Gasteiger partial charge is 0.468 e. The summed E-state index contributed by atoms with van der Waals surface area (Å²) >= 11 is 0. The van der Waals surface area contributed by atoms with Gasteiger partial charge in [0.15, 0.2) is 0 Å². The average Bonchev–Trinajstić information content (AvgIpc) is 3.08. The Morgan fingerprint density at radius 2 is 0.625 bits per heavy atom. The summed E-state index contributed by atoms with van der Waals surface area (Å²) in [6.45, 7) is 101. The number of anilines is 1. The van der Waals surface area contributed by atoms with Crippen LogP contribution < -0.4 is 5.32 Å². The van der Waals surface area contributed by atoms with E-state index >= 15 is 0 Å². The zero-order valence-corrected chi connectivity index (χ0v) is 74.7.